The van der Waals surface area contributed by atoms with Crippen molar-refractivity contribution in [2.75, 3.05) is 17.6 Å². The minimum Gasteiger partial charge on any atom is -0.465 e. The monoisotopic (exact) mass is 438 g/mol. The molecule has 0 aliphatic rings. The first-order chi connectivity index (χ1) is 14.9. The van der Waals surface area contributed by atoms with Crippen LogP contribution in [0.15, 0.2) is 60.0 Å². The third-order valence-electron chi connectivity index (χ3n) is 4.49. The molecule has 8 nitrogen and oxygen atoms in total. The van der Waals surface area contributed by atoms with Crippen molar-refractivity contribution in [1.82, 2.24) is 10.6 Å². The highest BCUT2D eigenvalue weighted by atomic mass is 32.1. The lowest BCUT2D eigenvalue weighted by molar-refractivity contribution is -0.123. The fourth-order valence-corrected chi connectivity index (χ4v) is 3.71. The molecule has 0 bridgehead atoms. The molecular weight excluding hydrogens is 416 g/mol. The molecule has 9 heteroatoms. The van der Waals surface area contributed by atoms with Gasteiger partial charge in [0.2, 0.25) is 5.91 Å². The average molecular weight is 439 g/mol. The van der Waals surface area contributed by atoms with Gasteiger partial charge in [-0.1, -0.05) is 24.3 Å². The number of nitrogens with two attached hydrogens (primary N) is 1. The van der Waals surface area contributed by atoms with E-state index in [9.17, 15) is 14.4 Å². The number of rotatable bonds is 7. The average Bonchev–Trinajstić information content (AvgIpc) is 3.28. The van der Waals surface area contributed by atoms with Crippen molar-refractivity contribution < 1.29 is 19.5 Å². The van der Waals surface area contributed by atoms with Crippen LogP contribution < -0.4 is 21.7 Å². The lowest BCUT2D eigenvalue weighted by Gasteiger charge is -2.17. The van der Waals surface area contributed by atoms with E-state index in [4.69, 9.17) is 10.8 Å². The van der Waals surface area contributed by atoms with Gasteiger partial charge in [-0.15, -0.1) is 11.3 Å². The molecule has 0 fully saturated rings. The normalized spacial score (nSPS) is 11.4. The van der Waals surface area contributed by atoms with Gasteiger partial charge in [-0.25, -0.2) is 4.79 Å². The molecule has 3 rings (SSSR count). The van der Waals surface area contributed by atoms with Crippen LogP contribution in [0.3, 0.4) is 0 Å². The van der Waals surface area contributed by atoms with Gasteiger partial charge in [0.05, 0.1) is 11.4 Å². The molecule has 6 N–H and O–H groups in total. The number of anilines is 2. The summed E-state index contributed by atoms with van der Waals surface area (Å²) < 4.78 is 0. The van der Waals surface area contributed by atoms with E-state index in [1.54, 1.807) is 24.3 Å². The molecule has 1 unspecified atom stereocenters. The van der Waals surface area contributed by atoms with Gasteiger partial charge in [0, 0.05) is 17.0 Å². The van der Waals surface area contributed by atoms with Gasteiger partial charge in [0.1, 0.15) is 6.04 Å². The quantitative estimate of drug-likeness (QED) is 0.359. The predicted molar refractivity (Wildman–Crippen MR) is 121 cm³/mol. The first-order valence-electron chi connectivity index (χ1n) is 9.51. The van der Waals surface area contributed by atoms with Gasteiger partial charge in [0.15, 0.2) is 0 Å². The van der Waals surface area contributed by atoms with Crippen molar-refractivity contribution in [2.24, 2.45) is 0 Å². The van der Waals surface area contributed by atoms with E-state index >= 15 is 0 Å². The molecule has 0 saturated carbocycles. The summed E-state index contributed by atoms with van der Waals surface area (Å²) in [5.41, 5.74) is 8.66. The van der Waals surface area contributed by atoms with Crippen LogP contribution in [0.1, 0.15) is 28.9 Å². The number of carboxylic acid groups (broad SMARTS) is 1. The highest BCUT2D eigenvalue weighted by molar-refractivity contribution is 7.13. The first-order valence-corrected chi connectivity index (χ1v) is 10.4. The fourth-order valence-electron chi connectivity index (χ4n) is 2.98. The van der Waals surface area contributed by atoms with E-state index in [1.807, 2.05) is 29.6 Å². The topological polar surface area (TPSA) is 134 Å². The van der Waals surface area contributed by atoms with E-state index in [2.05, 4.69) is 16.0 Å². The Morgan fingerprint density at radius 1 is 1.10 bits per heavy atom. The molecule has 3 aromatic rings. The molecule has 160 valence electrons. The number of nitrogen functional groups attached to an aromatic ring is 1. The molecular formula is C22H22N4O4S. The molecule has 3 amide bonds. The zero-order chi connectivity index (χ0) is 22.4. The summed E-state index contributed by atoms with van der Waals surface area (Å²) in [5, 5.41) is 18.6. The number of hydrogen-bond acceptors (Lipinski definition) is 5. The summed E-state index contributed by atoms with van der Waals surface area (Å²) in [6.07, 6.45) is -1.32. The Morgan fingerprint density at radius 2 is 1.84 bits per heavy atom. The predicted octanol–water partition coefficient (Wildman–Crippen LogP) is 3.69. The van der Waals surface area contributed by atoms with Crippen LogP contribution in [0.25, 0.3) is 10.4 Å². The summed E-state index contributed by atoms with van der Waals surface area (Å²) in [7, 11) is 0. The maximum Gasteiger partial charge on any atom is 0.405 e. The van der Waals surface area contributed by atoms with E-state index < -0.39 is 18.0 Å². The Bertz CT molecular complexity index is 1080. The molecule has 1 atom stereocenters. The summed E-state index contributed by atoms with van der Waals surface area (Å²) in [4.78, 5) is 37.0. The zero-order valence-corrected chi connectivity index (χ0v) is 17.5. The minimum atomic E-state index is -1.32. The number of hydrogen-bond donors (Lipinski definition) is 5. The van der Waals surface area contributed by atoms with Crippen LogP contribution in [0, 0.1) is 0 Å². The molecule has 31 heavy (non-hydrogen) atoms. The maximum atomic E-state index is 12.7. The lowest BCUT2D eigenvalue weighted by Crippen LogP contribution is -2.39. The Hall–Kier alpha value is -3.85. The van der Waals surface area contributed by atoms with Crippen LogP contribution >= 0.6 is 11.3 Å². The minimum absolute atomic E-state index is 0.342. The third-order valence-corrected chi connectivity index (χ3v) is 5.41. The van der Waals surface area contributed by atoms with Gasteiger partial charge in [-0.3, -0.25) is 9.59 Å². The lowest BCUT2D eigenvalue weighted by atomic mass is 10.0. The summed E-state index contributed by atoms with van der Waals surface area (Å²) in [6.45, 7) is 2.10. The zero-order valence-electron chi connectivity index (χ0n) is 16.7. The van der Waals surface area contributed by atoms with Crippen molar-refractivity contribution in [3.8, 4) is 10.4 Å². The molecule has 0 aliphatic heterocycles. The van der Waals surface area contributed by atoms with E-state index in [0.717, 1.165) is 10.4 Å². The molecule has 0 aliphatic carbocycles. The third kappa shape index (κ3) is 5.40. The van der Waals surface area contributed by atoms with Gasteiger partial charge >= 0.3 is 6.09 Å². The van der Waals surface area contributed by atoms with Crippen LogP contribution in [0.2, 0.25) is 0 Å². The van der Waals surface area contributed by atoms with Crippen LogP contribution in [0.5, 0.6) is 0 Å². The fraction of sp³-hybridized carbons (Fsp3) is 0.136. The van der Waals surface area contributed by atoms with Crippen molar-refractivity contribution in [2.45, 2.75) is 13.0 Å². The molecule has 1 aromatic heterocycles. The molecule has 2 aromatic carbocycles. The molecule has 0 radical (unpaired) electrons. The number of benzene rings is 2. The van der Waals surface area contributed by atoms with Gasteiger partial charge < -0.3 is 26.8 Å². The second-order valence-corrected chi connectivity index (χ2v) is 7.58. The molecule has 0 spiro atoms. The van der Waals surface area contributed by atoms with Crippen molar-refractivity contribution in [1.29, 1.82) is 0 Å². The Morgan fingerprint density at radius 3 is 2.45 bits per heavy atom. The number of carbonyl (C=O) groups is 3. The van der Waals surface area contributed by atoms with Gasteiger partial charge in [-0.05, 0) is 53.8 Å². The SMILES string of the molecule is CCNC(=O)C(NC(=O)O)c1ccc(C(=O)Nc2cc(-c3cccs3)ccc2N)cc1. The standard InChI is InChI=1S/C22H22N4O4S/c1-2-24-21(28)19(26-22(29)30)13-5-7-14(8-6-13)20(27)25-17-12-15(9-10-16(17)23)18-4-3-11-31-18/h3-12,19,26H,2,23H2,1H3,(H,24,28)(H,25,27)(H,29,30). The second-order valence-electron chi connectivity index (χ2n) is 6.63. The van der Waals surface area contributed by atoms with E-state index in [-0.39, 0.29) is 5.91 Å². The number of nitrogens with one attached hydrogen (secondary N) is 3. The van der Waals surface area contributed by atoms with Crippen LogP contribution in [-0.4, -0.2) is 29.6 Å². The van der Waals surface area contributed by atoms with Gasteiger partial charge in [-0.2, -0.15) is 0 Å². The number of likely N-dealkylation sites (N-methyl/N-ethyl adjacent to an activating group) is 1. The van der Waals surface area contributed by atoms with E-state index in [1.165, 1.54) is 24.3 Å². The highest BCUT2D eigenvalue weighted by Crippen LogP contribution is 2.30. The van der Waals surface area contributed by atoms with Crippen molar-refractivity contribution in [3.63, 3.8) is 0 Å². The summed E-state index contributed by atoms with van der Waals surface area (Å²) >= 11 is 1.59. The van der Waals surface area contributed by atoms with E-state index in [0.29, 0.717) is 29.0 Å². The first kappa shape index (κ1) is 21.8. The van der Waals surface area contributed by atoms with Crippen molar-refractivity contribution >= 4 is 40.6 Å². The van der Waals surface area contributed by atoms with Crippen LogP contribution in [0.4, 0.5) is 16.2 Å². The Labute approximate surface area is 183 Å². The molecule has 0 saturated heterocycles. The molecule has 1 heterocycles. The highest BCUT2D eigenvalue weighted by Gasteiger charge is 2.22. The number of thiophene rings is 1. The largest absolute Gasteiger partial charge is 0.465 e. The summed E-state index contributed by atoms with van der Waals surface area (Å²) in [6, 6.07) is 14.4. The van der Waals surface area contributed by atoms with Gasteiger partial charge in [0.25, 0.3) is 5.91 Å². The second kappa shape index (κ2) is 9.77. The maximum absolute atomic E-state index is 12.7. The Kier molecular flexibility index (Phi) is 6.88. The number of amides is 3. The smallest absolute Gasteiger partial charge is 0.405 e. The summed E-state index contributed by atoms with van der Waals surface area (Å²) in [5.74, 6) is -0.845. The van der Waals surface area contributed by atoms with Crippen LogP contribution in [-0.2, 0) is 4.79 Å². The number of carbonyl (C=O) groups excluding carboxylic acids is 2. The van der Waals surface area contributed by atoms with Crippen molar-refractivity contribution in [3.05, 3.63) is 71.1 Å². The Balaban J connectivity index is 1.78.